The van der Waals surface area contributed by atoms with Crippen molar-refractivity contribution < 1.29 is 31.1 Å². The molecule has 0 unspecified atom stereocenters. The molecular weight excluding hydrogens is 445 g/mol. The van der Waals surface area contributed by atoms with E-state index in [1.807, 2.05) is 19.0 Å². The topological polar surface area (TPSA) is 67.9 Å². The molecule has 0 aromatic heterocycles. The number of nitrogens with one attached hydrogen (secondary N) is 1. The molecule has 1 heterocycles. The predicted molar refractivity (Wildman–Crippen MR) is 107 cm³/mol. The fraction of sp³-hybridized carbons (Fsp3) is 0.368. The van der Waals surface area contributed by atoms with Crippen LogP contribution in [0.3, 0.4) is 0 Å². The summed E-state index contributed by atoms with van der Waals surface area (Å²) in [6, 6.07) is 5.19. The number of ether oxygens (including phenoxy) is 2. The zero-order chi connectivity index (χ0) is 22.3. The normalized spacial score (nSPS) is 16.7. The lowest BCUT2D eigenvalue weighted by molar-refractivity contribution is -0.137. The van der Waals surface area contributed by atoms with Gasteiger partial charge in [-0.05, 0) is 50.8 Å². The van der Waals surface area contributed by atoms with Crippen LogP contribution in [0.5, 0.6) is 11.5 Å². The molecule has 0 radical (unpaired) electrons. The van der Waals surface area contributed by atoms with Crippen molar-refractivity contribution in [1.29, 1.82) is 0 Å². The van der Waals surface area contributed by atoms with E-state index in [9.17, 15) is 21.6 Å². The quantitative estimate of drug-likeness (QED) is 0.723. The summed E-state index contributed by atoms with van der Waals surface area (Å²) in [5.41, 5.74) is -0.358. The summed E-state index contributed by atoms with van der Waals surface area (Å²) in [5, 5.41) is -0.327. The standard InChI is InChI=1S/C19H20ClF3N2O4S/c1-25(2)12-9-13-16(28-3)7-6-15(18(13)29-10-12)24-30(26,27)17-8-11(19(21,22)23)4-5-14(17)20/h4-8,12,24H,9-10H2,1-3H3/t12-/m1/s1. The van der Waals surface area contributed by atoms with Crippen molar-refractivity contribution in [2.45, 2.75) is 23.5 Å². The van der Waals surface area contributed by atoms with E-state index in [0.717, 1.165) is 12.1 Å². The van der Waals surface area contributed by atoms with E-state index >= 15 is 0 Å². The Bertz CT molecular complexity index is 1060. The first-order valence-electron chi connectivity index (χ1n) is 8.82. The van der Waals surface area contributed by atoms with E-state index in [2.05, 4.69) is 4.72 Å². The number of likely N-dealkylation sites (N-methyl/N-ethyl adjacent to an activating group) is 1. The number of hydrogen-bond donors (Lipinski definition) is 1. The van der Waals surface area contributed by atoms with Crippen molar-refractivity contribution in [3.8, 4) is 11.5 Å². The summed E-state index contributed by atoms with van der Waals surface area (Å²) in [7, 11) is 0.857. The molecule has 1 N–H and O–H groups in total. The molecule has 3 rings (SSSR count). The lowest BCUT2D eigenvalue weighted by atomic mass is 10.00. The van der Waals surface area contributed by atoms with Crippen molar-refractivity contribution in [2.24, 2.45) is 0 Å². The second-order valence-electron chi connectivity index (χ2n) is 7.00. The van der Waals surface area contributed by atoms with Gasteiger partial charge in [0.2, 0.25) is 0 Å². The molecule has 164 valence electrons. The van der Waals surface area contributed by atoms with E-state index < -0.39 is 26.7 Å². The van der Waals surface area contributed by atoms with Crippen LogP contribution in [0.25, 0.3) is 0 Å². The van der Waals surface area contributed by atoms with Crippen LogP contribution < -0.4 is 14.2 Å². The monoisotopic (exact) mass is 464 g/mol. The highest BCUT2D eigenvalue weighted by molar-refractivity contribution is 7.92. The molecule has 1 aliphatic rings. The van der Waals surface area contributed by atoms with Gasteiger partial charge in [0.05, 0.1) is 23.4 Å². The fourth-order valence-electron chi connectivity index (χ4n) is 3.13. The van der Waals surface area contributed by atoms with Crippen molar-refractivity contribution in [1.82, 2.24) is 4.90 Å². The Hall–Kier alpha value is -2.17. The van der Waals surface area contributed by atoms with Gasteiger partial charge in [0.15, 0.2) is 0 Å². The molecule has 0 bridgehead atoms. The predicted octanol–water partition coefficient (Wildman–Crippen LogP) is 4.03. The molecule has 1 atom stereocenters. The van der Waals surface area contributed by atoms with Gasteiger partial charge in [-0.15, -0.1) is 0 Å². The number of rotatable bonds is 5. The van der Waals surface area contributed by atoms with E-state index in [1.54, 1.807) is 6.07 Å². The van der Waals surface area contributed by atoms with Crippen molar-refractivity contribution >= 4 is 27.3 Å². The molecular formula is C19H20ClF3N2O4S. The highest BCUT2D eigenvalue weighted by Gasteiger charge is 2.33. The van der Waals surface area contributed by atoms with Gasteiger partial charge in [-0.1, -0.05) is 11.6 Å². The zero-order valence-corrected chi connectivity index (χ0v) is 18.0. The van der Waals surface area contributed by atoms with E-state index in [0.29, 0.717) is 30.4 Å². The summed E-state index contributed by atoms with van der Waals surface area (Å²) in [6.07, 6.45) is -4.16. The summed E-state index contributed by atoms with van der Waals surface area (Å²) in [6.45, 7) is 0.312. The maximum atomic E-state index is 13.0. The van der Waals surface area contributed by atoms with Crippen LogP contribution >= 0.6 is 11.6 Å². The van der Waals surface area contributed by atoms with Crippen molar-refractivity contribution in [3.05, 3.63) is 46.5 Å². The molecule has 0 spiro atoms. The third-order valence-corrected chi connectivity index (χ3v) is 6.67. The van der Waals surface area contributed by atoms with Crippen LogP contribution in [-0.4, -0.2) is 47.2 Å². The molecule has 0 fully saturated rings. The van der Waals surface area contributed by atoms with Gasteiger partial charge in [-0.2, -0.15) is 13.2 Å². The molecule has 0 aliphatic carbocycles. The minimum Gasteiger partial charge on any atom is -0.496 e. The molecule has 30 heavy (non-hydrogen) atoms. The smallest absolute Gasteiger partial charge is 0.416 e. The molecule has 11 heteroatoms. The minimum atomic E-state index is -4.71. The maximum absolute atomic E-state index is 13.0. The van der Waals surface area contributed by atoms with Gasteiger partial charge in [0, 0.05) is 11.6 Å². The summed E-state index contributed by atoms with van der Waals surface area (Å²) >= 11 is 5.90. The lowest BCUT2D eigenvalue weighted by Gasteiger charge is -2.32. The van der Waals surface area contributed by atoms with Crippen LogP contribution in [0.2, 0.25) is 5.02 Å². The lowest BCUT2D eigenvalue weighted by Crippen LogP contribution is -2.38. The van der Waals surface area contributed by atoms with Crippen LogP contribution in [0.1, 0.15) is 11.1 Å². The Balaban J connectivity index is 2.02. The van der Waals surface area contributed by atoms with Crippen LogP contribution in [0, 0.1) is 0 Å². The molecule has 0 amide bonds. The molecule has 0 saturated heterocycles. The molecule has 1 aliphatic heterocycles. The third-order valence-electron chi connectivity index (χ3n) is 4.82. The van der Waals surface area contributed by atoms with Gasteiger partial charge in [-0.25, -0.2) is 8.42 Å². The Labute approximate surface area is 177 Å². The van der Waals surface area contributed by atoms with Crippen LogP contribution in [0.4, 0.5) is 18.9 Å². The first-order valence-corrected chi connectivity index (χ1v) is 10.7. The summed E-state index contributed by atoms with van der Waals surface area (Å²) in [5.74, 6) is 0.802. The second-order valence-corrected chi connectivity index (χ2v) is 9.06. The van der Waals surface area contributed by atoms with Crippen LogP contribution in [0.15, 0.2) is 35.2 Å². The van der Waals surface area contributed by atoms with Gasteiger partial charge in [-0.3, -0.25) is 4.72 Å². The first kappa shape index (κ1) is 22.5. The molecule has 2 aromatic carbocycles. The number of fused-ring (bicyclic) bond motifs is 1. The summed E-state index contributed by atoms with van der Waals surface area (Å²) in [4.78, 5) is 1.30. The number of sulfonamides is 1. The van der Waals surface area contributed by atoms with Gasteiger partial charge in [0.25, 0.3) is 10.0 Å². The molecule has 0 saturated carbocycles. The Morgan fingerprint density at radius 1 is 1.23 bits per heavy atom. The SMILES string of the molecule is COc1ccc(NS(=O)(=O)c2cc(C(F)(F)F)ccc2Cl)c2c1C[C@@H](N(C)C)CO2. The zero-order valence-electron chi connectivity index (χ0n) is 16.4. The van der Waals surface area contributed by atoms with E-state index in [-0.39, 0.29) is 22.5 Å². The first-order chi connectivity index (χ1) is 13.9. The number of hydrogen-bond acceptors (Lipinski definition) is 5. The molecule has 2 aromatic rings. The van der Waals surface area contributed by atoms with E-state index in [4.69, 9.17) is 21.1 Å². The number of alkyl halides is 3. The number of benzene rings is 2. The van der Waals surface area contributed by atoms with Gasteiger partial charge >= 0.3 is 6.18 Å². The Morgan fingerprint density at radius 2 is 1.93 bits per heavy atom. The Kier molecular flexibility index (Phi) is 6.13. The van der Waals surface area contributed by atoms with Gasteiger partial charge < -0.3 is 14.4 Å². The van der Waals surface area contributed by atoms with E-state index in [1.165, 1.54) is 13.2 Å². The second kappa shape index (κ2) is 8.16. The average Bonchev–Trinajstić information content (AvgIpc) is 2.66. The molecule has 6 nitrogen and oxygen atoms in total. The minimum absolute atomic E-state index is 0.0520. The van der Waals surface area contributed by atoms with Crippen LogP contribution in [-0.2, 0) is 22.6 Å². The number of halogens is 4. The fourth-order valence-corrected chi connectivity index (χ4v) is 4.72. The largest absolute Gasteiger partial charge is 0.496 e. The number of anilines is 1. The van der Waals surface area contributed by atoms with Crippen molar-refractivity contribution in [2.75, 3.05) is 32.5 Å². The maximum Gasteiger partial charge on any atom is 0.416 e. The van der Waals surface area contributed by atoms with Gasteiger partial charge in [0.1, 0.15) is 23.0 Å². The number of nitrogens with zero attached hydrogens (tertiary/aromatic N) is 1. The summed E-state index contributed by atoms with van der Waals surface area (Å²) < 4.78 is 78.3. The average molecular weight is 465 g/mol. The number of methoxy groups -OCH3 is 1. The third kappa shape index (κ3) is 4.45. The Morgan fingerprint density at radius 3 is 2.53 bits per heavy atom. The highest BCUT2D eigenvalue weighted by atomic mass is 35.5. The highest BCUT2D eigenvalue weighted by Crippen LogP contribution is 2.41. The van der Waals surface area contributed by atoms with Crippen molar-refractivity contribution in [3.63, 3.8) is 0 Å².